The van der Waals surface area contributed by atoms with Gasteiger partial charge in [0.1, 0.15) is 17.7 Å². The van der Waals surface area contributed by atoms with E-state index in [2.05, 4.69) is 15.3 Å². The van der Waals surface area contributed by atoms with Gasteiger partial charge < -0.3 is 0 Å². The summed E-state index contributed by atoms with van der Waals surface area (Å²) in [7, 11) is 0. The number of nitrogens with zero attached hydrogens (tertiary/aromatic N) is 5. The van der Waals surface area contributed by atoms with Gasteiger partial charge in [-0.1, -0.05) is 23.2 Å². The summed E-state index contributed by atoms with van der Waals surface area (Å²) in [6.07, 6.45) is 4.10. The molecule has 1 aromatic carbocycles. The minimum absolute atomic E-state index is 0.0218. The van der Waals surface area contributed by atoms with Crippen LogP contribution in [0.2, 0.25) is 10.0 Å². The number of halogens is 2. The molecule has 0 spiro atoms. The first-order valence-corrected chi connectivity index (χ1v) is 5.36. The zero-order valence-electron chi connectivity index (χ0n) is 8.70. The van der Waals surface area contributed by atoms with Crippen LogP contribution >= 0.6 is 23.2 Å². The summed E-state index contributed by atoms with van der Waals surface area (Å²) in [4.78, 5) is 10.1. The standard InChI is InChI=1S/C9H5Cl2N5O2/c10-7-2-8(11)9(16(17)18)1-6(7)3-14-15-4-12-13-5-15/h1-5H/b14-3-. The Bertz CT molecular complexity index is 612. The lowest BCUT2D eigenvalue weighted by Crippen LogP contribution is -1.94. The van der Waals surface area contributed by atoms with E-state index in [4.69, 9.17) is 23.2 Å². The maximum Gasteiger partial charge on any atom is 0.288 e. The summed E-state index contributed by atoms with van der Waals surface area (Å²) in [5.74, 6) is 0. The van der Waals surface area contributed by atoms with Crippen LogP contribution in [0.5, 0.6) is 0 Å². The summed E-state index contributed by atoms with van der Waals surface area (Å²) in [5, 5.41) is 22.0. The van der Waals surface area contributed by atoms with Gasteiger partial charge in [-0.05, 0) is 6.07 Å². The number of benzene rings is 1. The summed E-state index contributed by atoms with van der Waals surface area (Å²) < 4.78 is 1.33. The second kappa shape index (κ2) is 5.11. The second-order valence-electron chi connectivity index (χ2n) is 3.17. The van der Waals surface area contributed by atoms with E-state index in [1.165, 1.54) is 35.7 Å². The van der Waals surface area contributed by atoms with Crippen molar-refractivity contribution in [2.24, 2.45) is 5.10 Å². The Labute approximate surface area is 111 Å². The van der Waals surface area contributed by atoms with Crippen molar-refractivity contribution in [1.29, 1.82) is 0 Å². The van der Waals surface area contributed by atoms with Crippen molar-refractivity contribution in [3.63, 3.8) is 0 Å². The Hall–Kier alpha value is -1.99. The van der Waals surface area contributed by atoms with Crippen molar-refractivity contribution in [2.75, 3.05) is 0 Å². The van der Waals surface area contributed by atoms with Gasteiger partial charge in [-0.15, -0.1) is 10.2 Å². The predicted octanol–water partition coefficient (Wildman–Crippen LogP) is 2.38. The molecule has 0 fully saturated rings. The second-order valence-corrected chi connectivity index (χ2v) is 3.98. The lowest BCUT2D eigenvalue weighted by molar-refractivity contribution is -0.384. The quantitative estimate of drug-likeness (QED) is 0.492. The van der Waals surface area contributed by atoms with Gasteiger partial charge in [-0.3, -0.25) is 10.1 Å². The fourth-order valence-electron chi connectivity index (χ4n) is 1.18. The average molecular weight is 286 g/mol. The fraction of sp³-hybridized carbons (Fsp3) is 0. The first-order valence-electron chi connectivity index (χ1n) is 4.60. The van der Waals surface area contributed by atoms with Crippen LogP contribution < -0.4 is 0 Å². The lowest BCUT2D eigenvalue weighted by atomic mass is 10.2. The molecule has 9 heteroatoms. The topological polar surface area (TPSA) is 86.2 Å². The molecule has 1 aromatic heterocycles. The summed E-state index contributed by atoms with van der Waals surface area (Å²) in [6, 6.07) is 2.55. The minimum Gasteiger partial charge on any atom is -0.258 e. The highest BCUT2D eigenvalue weighted by Gasteiger charge is 2.15. The van der Waals surface area contributed by atoms with Gasteiger partial charge in [-0.25, -0.2) is 4.68 Å². The molecule has 0 saturated heterocycles. The van der Waals surface area contributed by atoms with Crippen LogP contribution in [0.15, 0.2) is 29.9 Å². The molecular weight excluding hydrogens is 281 g/mol. The highest BCUT2D eigenvalue weighted by Crippen LogP contribution is 2.29. The molecule has 92 valence electrons. The summed E-state index contributed by atoms with van der Waals surface area (Å²) >= 11 is 11.6. The van der Waals surface area contributed by atoms with E-state index >= 15 is 0 Å². The normalized spacial score (nSPS) is 11.0. The molecule has 1 heterocycles. The zero-order valence-corrected chi connectivity index (χ0v) is 10.2. The third kappa shape index (κ3) is 2.63. The first kappa shape index (κ1) is 12.5. The molecule has 0 aliphatic carbocycles. The Morgan fingerprint density at radius 2 is 1.94 bits per heavy atom. The van der Waals surface area contributed by atoms with Gasteiger partial charge in [0.05, 0.1) is 16.2 Å². The van der Waals surface area contributed by atoms with Crippen LogP contribution in [0.4, 0.5) is 5.69 Å². The SMILES string of the molecule is O=[N+]([O-])c1cc(/C=N\n2cnnc2)c(Cl)cc1Cl. The molecule has 7 nitrogen and oxygen atoms in total. The van der Waals surface area contributed by atoms with Gasteiger partial charge >= 0.3 is 0 Å². The zero-order chi connectivity index (χ0) is 13.1. The molecule has 0 N–H and O–H groups in total. The van der Waals surface area contributed by atoms with Crippen molar-refractivity contribution in [1.82, 2.24) is 14.9 Å². The number of hydrogen-bond donors (Lipinski definition) is 0. The molecular formula is C9H5Cl2N5O2. The van der Waals surface area contributed by atoms with Gasteiger partial charge in [-0.2, -0.15) is 5.10 Å². The first-order chi connectivity index (χ1) is 8.58. The number of nitro groups is 1. The molecule has 2 aromatic rings. The summed E-state index contributed by atoms with van der Waals surface area (Å²) in [6.45, 7) is 0. The molecule has 2 rings (SSSR count). The van der Waals surface area contributed by atoms with Gasteiger partial charge in [0.2, 0.25) is 0 Å². The van der Waals surface area contributed by atoms with Crippen LogP contribution in [0.1, 0.15) is 5.56 Å². The Balaban J connectivity index is 2.39. The van der Waals surface area contributed by atoms with Crippen LogP contribution in [0.25, 0.3) is 0 Å². The monoisotopic (exact) mass is 285 g/mol. The molecule has 0 unspecified atom stereocenters. The van der Waals surface area contributed by atoms with Crippen molar-refractivity contribution >= 4 is 35.1 Å². The number of rotatable bonds is 3. The third-order valence-corrected chi connectivity index (χ3v) is 2.63. The molecule has 0 amide bonds. The molecule has 0 aliphatic rings. The van der Waals surface area contributed by atoms with Crippen LogP contribution in [0.3, 0.4) is 0 Å². The lowest BCUT2D eigenvalue weighted by Gasteiger charge is -2.00. The number of hydrogen-bond acceptors (Lipinski definition) is 5. The van der Waals surface area contributed by atoms with Crippen molar-refractivity contribution in [3.8, 4) is 0 Å². The summed E-state index contributed by atoms with van der Waals surface area (Å²) in [5.41, 5.74) is 0.146. The Morgan fingerprint density at radius 3 is 2.56 bits per heavy atom. The van der Waals surface area contributed by atoms with E-state index in [-0.39, 0.29) is 15.7 Å². The maximum atomic E-state index is 10.7. The number of nitro benzene ring substituents is 1. The highest BCUT2D eigenvalue weighted by molar-refractivity contribution is 6.37. The van der Waals surface area contributed by atoms with Crippen LogP contribution in [-0.4, -0.2) is 26.0 Å². The van der Waals surface area contributed by atoms with E-state index in [9.17, 15) is 10.1 Å². The van der Waals surface area contributed by atoms with E-state index in [0.29, 0.717) is 5.56 Å². The molecule has 0 radical (unpaired) electrons. The highest BCUT2D eigenvalue weighted by atomic mass is 35.5. The molecule has 0 aliphatic heterocycles. The fourth-order valence-corrected chi connectivity index (χ4v) is 1.68. The smallest absolute Gasteiger partial charge is 0.258 e. The molecule has 0 bridgehead atoms. The largest absolute Gasteiger partial charge is 0.288 e. The minimum atomic E-state index is -0.589. The van der Waals surface area contributed by atoms with E-state index in [1.54, 1.807) is 0 Å². The van der Waals surface area contributed by atoms with Crippen molar-refractivity contribution < 1.29 is 4.92 Å². The molecule has 0 atom stereocenters. The Kier molecular flexibility index (Phi) is 3.54. The number of aromatic nitrogens is 3. The Morgan fingerprint density at radius 1 is 1.28 bits per heavy atom. The van der Waals surface area contributed by atoms with Crippen LogP contribution in [0, 0.1) is 10.1 Å². The van der Waals surface area contributed by atoms with Gasteiger partial charge in [0.25, 0.3) is 5.69 Å². The van der Waals surface area contributed by atoms with Crippen LogP contribution in [-0.2, 0) is 0 Å². The van der Waals surface area contributed by atoms with E-state index in [1.807, 2.05) is 0 Å². The van der Waals surface area contributed by atoms with Crippen molar-refractivity contribution in [2.45, 2.75) is 0 Å². The third-order valence-electron chi connectivity index (χ3n) is 2.00. The van der Waals surface area contributed by atoms with Gasteiger partial charge in [0, 0.05) is 11.6 Å². The van der Waals surface area contributed by atoms with E-state index in [0.717, 1.165) is 0 Å². The average Bonchev–Trinajstić information content (AvgIpc) is 2.80. The maximum absolute atomic E-state index is 10.7. The van der Waals surface area contributed by atoms with Crippen molar-refractivity contribution in [3.05, 3.63) is 50.5 Å². The molecule has 18 heavy (non-hydrogen) atoms. The van der Waals surface area contributed by atoms with E-state index < -0.39 is 4.92 Å². The van der Waals surface area contributed by atoms with Gasteiger partial charge in [0.15, 0.2) is 0 Å². The predicted molar refractivity (Wildman–Crippen MR) is 66.1 cm³/mol. The molecule has 0 saturated carbocycles.